The molecule has 0 saturated carbocycles. The molecule has 0 aliphatic heterocycles. The molecule has 4 nitrogen and oxygen atoms in total. The number of esters is 1. The lowest BCUT2D eigenvalue weighted by atomic mass is 10.2. The Morgan fingerprint density at radius 3 is 2.78 bits per heavy atom. The molecule has 0 aliphatic rings. The molecule has 0 heterocycles. The van der Waals surface area contributed by atoms with Crippen LogP contribution in [0.1, 0.15) is 23.7 Å². The lowest BCUT2D eigenvalue weighted by molar-refractivity contribution is -0.115. The second kappa shape index (κ2) is 6.82. The minimum atomic E-state index is -0.403. The van der Waals surface area contributed by atoms with E-state index in [0.717, 1.165) is 0 Å². The first-order chi connectivity index (χ1) is 8.58. The van der Waals surface area contributed by atoms with Crippen molar-refractivity contribution >= 4 is 33.5 Å². The van der Waals surface area contributed by atoms with Gasteiger partial charge in [-0.3, -0.25) is 4.79 Å². The van der Waals surface area contributed by atoms with Crippen LogP contribution >= 0.6 is 15.9 Å². The summed E-state index contributed by atoms with van der Waals surface area (Å²) in [5.74, 6) is 1.57. The molecule has 0 spiro atoms. The van der Waals surface area contributed by atoms with Gasteiger partial charge >= 0.3 is 5.97 Å². The predicted octanol–water partition coefficient (Wildman–Crippen LogP) is 2.59. The minimum Gasteiger partial charge on any atom is -0.462 e. The van der Waals surface area contributed by atoms with Crippen molar-refractivity contribution in [3.8, 4) is 12.3 Å². The van der Waals surface area contributed by atoms with Gasteiger partial charge in [-0.2, -0.15) is 0 Å². The number of hydrogen-bond donors (Lipinski definition) is 1. The Morgan fingerprint density at radius 1 is 1.50 bits per heavy atom. The second-order valence-electron chi connectivity index (χ2n) is 3.34. The van der Waals surface area contributed by atoms with Crippen molar-refractivity contribution in [2.75, 3.05) is 11.9 Å². The fraction of sp³-hybridized carbons (Fsp3) is 0.231. The van der Waals surface area contributed by atoms with Gasteiger partial charge in [0.05, 0.1) is 24.3 Å². The average molecular weight is 310 g/mol. The highest BCUT2D eigenvalue weighted by Gasteiger charge is 2.10. The topological polar surface area (TPSA) is 55.4 Å². The third-order valence-electron chi connectivity index (χ3n) is 2.02. The van der Waals surface area contributed by atoms with E-state index in [-0.39, 0.29) is 12.3 Å². The van der Waals surface area contributed by atoms with Crippen LogP contribution in [0.5, 0.6) is 0 Å². The molecule has 0 aliphatic carbocycles. The maximum atomic E-state index is 11.5. The monoisotopic (exact) mass is 309 g/mol. The van der Waals surface area contributed by atoms with E-state index in [1.165, 1.54) is 0 Å². The molecule has 18 heavy (non-hydrogen) atoms. The molecule has 1 rings (SSSR count). The highest BCUT2D eigenvalue weighted by Crippen LogP contribution is 2.24. The summed E-state index contributed by atoms with van der Waals surface area (Å²) >= 11 is 3.27. The molecular weight excluding hydrogens is 298 g/mol. The van der Waals surface area contributed by atoms with Crippen LogP contribution in [0.25, 0.3) is 0 Å². The quantitative estimate of drug-likeness (QED) is 0.687. The SMILES string of the molecule is C#CCC(=O)Nc1ccc(C(=O)OCC)cc1Br. The van der Waals surface area contributed by atoms with Crippen LogP contribution in [0.15, 0.2) is 22.7 Å². The molecule has 0 bridgehead atoms. The summed E-state index contributed by atoms with van der Waals surface area (Å²) in [5.41, 5.74) is 0.974. The van der Waals surface area contributed by atoms with Gasteiger partial charge in [-0.1, -0.05) is 5.92 Å². The Labute approximate surface area is 114 Å². The van der Waals surface area contributed by atoms with Crippen LogP contribution in [0.4, 0.5) is 5.69 Å². The van der Waals surface area contributed by atoms with Gasteiger partial charge < -0.3 is 10.1 Å². The zero-order chi connectivity index (χ0) is 13.5. The molecule has 0 radical (unpaired) electrons. The Morgan fingerprint density at radius 2 is 2.22 bits per heavy atom. The van der Waals surface area contributed by atoms with Crippen LogP contribution in [-0.4, -0.2) is 18.5 Å². The second-order valence-corrected chi connectivity index (χ2v) is 4.20. The van der Waals surface area contributed by atoms with E-state index >= 15 is 0 Å². The standard InChI is InChI=1S/C13H12BrNO3/c1-3-5-12(16)15-11-7-6-9(8-10(11)14)13(17)18-4-2/h1,6-8H,4-5H2,2H3,(H,15,16). The van der Waals surface area contributed by atoms with Crippen molar-refractivity contribution in [2.45, 2.75) is 13.3 Å². The van der Waals surface area contributed by atoms with Crippen LogP contribution in [0, 0.1) is 12.3 Å². The Bertz CT molecular complexity index is 505. The summed E-state index contributed by atoms with van der Waals surface area (Å²) in [5, 5.41) is 2.63. The van der Waals surface area contributed by atoms with E-state index in [0.29, 0.717) is 22.3 Å². The number of ether oxygens (including phenoxy) is 1. The number of rotatable bonds is 4. The summed E-state index contributed by atoms with van der Waals surface area (Å²) in [6.07, 6.45) is 5.04. The number of terminal acetylenes is 1. The van der Waals surface area contributed by atoms with Crippen molar-refractivity contribution < 1.29 is 14.3 Å². The van der Waals surface area contributed by atoms with E-state index < -0.39 is 5.97 Å². The van der Waals surface area contributed by atoms with E-state index in [4.69, 9.17) is 11.2 Å². The van der Waals surface area contributed by atoms with Gasteiger partial charge in [-0.15, -0.1) is 6.42 Å². The Balaban J connectivity index is 2.83. The largest absolute Gasteiger partial charge is 0.462 e. The molecule has 1 N–H and O–H groups in total. The summed E-state index contributed by atoms with van der Waals surface area (Å²) in [4.78, 5) is 22.8. The van der Waals surface area contributed by atoms with Crippen molar-refractivity contribution in [3.63, 3.8) is 0 Å². The van der Waals surface area contributed by atoms with Gasteiger partial charge in [0, 0.05) is 4.47 Å². The third kappa shape index (κ3) is 3.90. The van der Waals surface area contributed by atoms with E-state index in [9.17, 15) is 9.59 Å². The number of hydrogen-bond acceptors (Lipinski definition) is 3. The number of carbonyl (C=O) groups is 2. The van der Waals surface area contributed by atoms with Crippen molar-refractivity contribution in [2.24, 2.45) is 0 Å². The number of halogens is 1. The van der Waals surface area contributed by atoms with Gasteiger partial charge in [0.1, 0.15) is 0 Å². The Kier molecular flexibility index (Phi) is 5.40. The molecule has 1 aromatic carbocycles. The maximum absolute atomic E-state index is 11.5. The van der Waals surface area contributed by atoms with Crippen LogP contribution < -0.4 is 5.32 Å². The molecule has 1 amide bonds. The van der Waals surface area contributed by atoms with Crippen LogP contribution in [-0.2, 0) is 9.53 Å². The average Bonchev–Trinajstić information content (AvgIpc) is 2.32. The van der Waals surface area contributed by atoms with E-state index in [1.807, 2.05) is 0 Å². The van der Waals surface area contributed by atoms with Crippen LogP contribution in [0.3, 0.4) is 0 Å². The smallest absolute Gasteiger partial charge is 0.338 e. The van der Waals surface area contributed by atoms with E-state index in [2.05, 4.69) is 27.2 Å². The summed E-state index contributed by atoms with van der Waals surface area (Å²) < 4.78 is 5.46. The van der Waals surface area contributed by atoms with Crippen LogP contribution in [0.2, 0.25) is 0 Å². The van der Waals surface area contributed by atoms with Gasteiger partial charge in [0.2, 0.25) is 5.91 Å². The fourth-order valence-electron chi connectivity index (χ4n) is 1.24. The number of nitrogens with one attached hydrogen (secondary N) is 1. The maximum Gasteiger partial charge on any atom is 0.338 e. The lowest BCUT2D eigenvalue weighted by Gasteiger charge is -2.08. The molecule has 0 saturated heterocycles. The molecular formula is C13H12BrNO3. The fourth-order valence-corrected chi connectivity index (χ4v) is 1.72. The highest BCUT2D eigenvalue weighted by molar-refractivity contribution is 9.10. The van der Waals surface area contributed by atoms with Crippen molar-refractivity contribution in [1.29, 1.82) is 0 Å². The number of benzene rings is 1. The molecule has 94 valence electrons. The zero-order valence-corrected chi connectivity index (χ0v) is 11.4. The molecule has 0 fully saturated rings. The molecule has 5 heteroatoms. The van der Waals surface area contributed by atoms with Gasteiger partial charge in [-0.05, 0) is 41.1 Å². The normalized spacial score (nSPS) is 9.39. The first-order valence-corrected chi connectivity index (χ1v) is 6.07. The predicted molar refractivity (Wildman–Crippen MR) is 72.2 cm³/mol. The van der Waals surface area contributed by atoms with Gasteiger partial charge in [0.25, 0.3) is 0 Å². The molecule has 1 aromatic rings. The number of amides is 1. The lowest BCUT2D eigenvalue weighted by Crippen LogP contribution is -2.11. The summed E-state index contributed by atoms with van der Waals surface area (Å²) in [6, 6.07) is 4.78. The zero-order valence-electron chi connectivity index (χ0n) is 9.83. The van der Waals surface area contributed by atoms with E-state index in [1.54, 1.807) is 25.1 Å². The first kappa shape index (κ1) is 14.3. The van der Waals surface area contributed by atoms with Gasteiger partial charge in [-0.25, -0.2) is 4.79 Å². The highest BCUT2D eigenvalue weighted by atomic mass is 79.9. The third-order valence-corrected chi connectivity index (χ3v) is 2.67. The first-order valence-electron chi connectivity index (χ1n) is 5.28. The van der Waals surface area contributed by atoms with Crippen molar-refractivity contribution in [3.05, 3.63) is 28.2 Å². The molecule has 0 unspecified atom stereocenters. The number of anilines is 1. The number of carbonyl (C=O) groups excluding carboxylic acids is 2. The summed E-state index contributed by atoms with van der Waals surface area (Å²) in [6.45, 7) is 2.05. The Hall–Kier alpha value is -1.80. The molecule has 0 aromatic heterocycles. The molecule has 0 atom stereocenters. The summed E-state index contributed by atoms with van der Waals surface area (Å²) in [7, 11) is 0. The van der Waals surface area contributed by atoms with Crippen molar-refractivity contribution in [1.82, 2.24) is 0 Å². The minimum absolute atomic E-state index is 0.00602. The van der Waals surface area contributed by atoms with Gasteiger partial charge in [0.15, 0.2) is 0 Å².